The van der Waals surface area contributed by atoms with Crippen LogP contribution < -0.4 is 0 Å². The molecule has 2 aliphatic carbocycles. The monoisotopic (exact) mass is 408 g/mol. The molecule has 2 aromatic carbocycles. The number of aryl methyl sites for hydroxylation is 2. The highest BCUT2D eigenvalue weighted by molar-refractivity contribution is 9.10. The second-order valence-electron chi connectivity index (χ2n) is 9.49. The van der Waals surface area contributed by atoms with Crippen molar-refractivity contribution in [3.63, 3.8) is 0 Å². The number of fused-ring (bicyclic) bond motifs is 2. The summed E-state index contributed by atoms with van der Waals surface area (Å²) in [6, 6.07) is 11.7. The number of hydrogen-bond donors (Lipinski definition) is 0. The van der Waals surface area contributed by atoms with E-state index in [4.69, 9.17) is 0 Å². The first-order chi connectivity index (χ1) is 12.2. The first-order valence-electron chi connectivity index (χ1n) is 9.82. The summed E-state index contributed by atoms with van der Waals surface area (Å²) in [5, 5.41) is 0. The van der Waals surface area contributed by atoms with Gasteiger partial charge in [-0.1, -0.05) is 67.9 Å². The Bertz CT molecular complexity index is 912. The topological polar surface area (TPSA) is 0 Å². The molecule has 0 fully saturated rings. The number of benzene rings is 2. The van der Waals surface area contributed by atoms with Crippen molar-refractivity contribution in [2.45, 2.75) is 71.1 Å². The van der Waals surface area contributed by atoms with Crippen molar-refractivity contribution in [1.82, 2.24) is 0 Å². The molecule has 136 valence electrons. The van der Waals surface area contributed by atoms with Gasteiger partial charge < -0.3 is 0 Å². The number of rotatable bonds is 1. The Morgan fingerprint density at radius 3 is 2.23 bits per heavy atom. The molecule has 2 aromatic rings. The van der Waals surface area contributed by atoms with Crippen LogP contribution in [0.15, 0.2) is 34.8 Å². The summed E-state index contributed by atoms with van der Waals surface area (Å²) in [5.74, 6) is 0. The Labute approximate surface area is 166 Å². The minimum absolute atomic E-state index is 0.268. The van der Waals surface area contributed by atoms with Crippen molar-refractivity contribution in [3.05, 3.63) is 68.2 Å². The second kappa shape index (κ2) is 6.09. The lowest BCUT2D eigenvalue weighted by Crippen LogP contribution is -2.34. The maximum Gasteiger partial charge on any atom is 0.0178 e. The van der Waals surface area contributed by atoms with Gasteiger partial charge in [-0.3, -0.25) is 0 Å². The van der Waals surface area contributed by atoms with Gasteiger partial charge in [-0.25, -0.2) is 0 Å². The molecule has 0 nitrogen and oxygen atoms in total. The van der Waals surface area contributed by atoms with Crippen LogP contribution in [0.5, 0.6) is 0 Å². The molecular weight excluding hydrogens is 380 g/mol. The fourth-order valence-electron chi connectivity index (χ4n) is 4.72. The van der Waals surface area contributed by atoms with Gasteiger partial charge in [-0.2, -0.15) is 0 Å². The SMILES string of the molecule is Cc1cc2c(cc1/C=C1\CCc3cc(Br)ccc31)C(C)(C)CCC2(C)C. The smallest absolute Gasteiger partial charge is 0.0178 e. The third-order valence-corrected chi connectivity index (χ3v) is 7.14. The Kier molecular flexibility index (Phi) is 4.23. The van der Waals surface area contributed by atoms with Crippen LogP contribution in [0.4, 0.5) is 0 Å². The molecule has 4 rings (SSSR count). The highest BCUT2D eigenvalue weighted by Gasteiger charge is 2.37. The van der Waals surface area contributed by atoms with E-state index >= 15 is 0 Å². The van der Waals surface area contributed by atoms with Crippen molar-refractivity contribution >= 4 is 27.6 Å². The molecule has 0 N–H and O–H groups in total. The fraction of sp³-hybridized carbons (Fsp3) is 0.440. The predicted octanol–water partition coefficient (Wildman–Crippen LogP) is 7.59. The van der Waals surface area contributed by atoms with Crippen LogP contribution >= 0.6 is 15.9 Å². The van der Waals surface area contributed by atoms with E-state index in [1.807, 2.05) is 0 Å². The first-order valence-corrected chi connectivity index (χ1v) is 10.6. The van der Waals surface area contributed by atoms with Crippen molar-refractivity contribution in [2.24, 2.45) is 0 Å². The molecule has 0 aromatic heterocycles. The maximum atomic E-state index is 3.61. The number of hydrogen-bond acceptors (Lipinski definition) is 0. The largest absolute Gasteiger partial charge is 0.0558 e. The normalized spacial score (nSPS) is 21.5. The number of halogens is 1. The minimum Gasteiger partial charge on any atom is -0.0558 e. The molecule has 0 aliphatic heterocycles. The maximum absolute atomic E-state index is 3.61. The van der Waals surface area contributed by atoms with E-state index < -0.39 is 0 Å². The summed E-state index contributed by atoms with van der Waals surface area (Å²) in [6.07, 6.45) is 7.30. The van der Waals surface area contributed by atoms with E-state index in [9.17, 15) is 0 Å². The number of allylic oxidation sites excluding steroid dienone is 1. The van der Waals surface area contributed by atoms with Gasteiger partial charge in [-0.15, -0.1) is 0 Å². The molecule has 0 saturated carbocycles. The molecule has 0 bridgehead atoms. The van der Waals surface area contributed by atoms with Crippen LogP contribution in [0.1, 0.15) is 80.3 Å². The highest BCUT2D eigenvalue weighted by Crippen LogP contribution is 2.47. The third kappa shape index (κ3) is 2.99. The summed E-state index contributed by atoms with van der Waals surface area (Å²) < 4.78 is 1.19. The van der Waals surface area contributed by atoms with E-state index in [2.05, 4.69) is 87.0 Å². The van der Waals surface area contributed by atoms with Gasteiger partial charge in [0.05, 0.1) is 0 Å². The quantitative estimate of drug-likeness (QED) is 0.455. The van der Waals surface area contributed by atoms with E-state index in [0.717, 1.165) is 12.8 Å². The molecule has 0 spiro atoms. The third-order valence-electron chi connectivity index (χ3n) is 6.65. The molecule has 0 atom stereocenters. The molecule has 26 heavy (non-hydrogen) atoms. The Balaban J connectivity index is 1.83. The van der Waals surface area contributed by atoms with Crippen molar-refractivity contribution in [2.75, 3.05) is 0 Å². The molecule has 0 radical (unpaired) electrons. The first kappa shape index (κ1) is 18.0. The molecule has 0 saturated heterocycles. The van der Waals surface area contributed by atoms with Gasteiger partial charge in [0.2, 0.25) is 0 Å². The molecule has 0 amide bonds. The average Bonchev–Trinajstić information content (AvgIpc) is 2.95. The zero-order valence-corrected chi connectivity index (χ0v) is 18.3. The zero-order chi connectivity index (χ0) is 18.7. The lowest BCUT2D eigenvalue weighted by molar-refractivity contribution is 0.331. The molecule has 0 unspecified atom stereocenters. The zero-order valence-electron chi connectivity index (χ0n) is 16.7. The van der Waals surface area contributed by atoms with Crippen LogP contribution in [-0.4, -0.2) is 0 Å². The lowest BCUT2D eigenvalue weighted by Gasteiger charge is -2.42. The van der Waals surface area contributed by atoms with Crippen LogP contribution in [0.3, 0.4) is 0 Å². The van der Waals surface area contributed by atoms with Crippen molar-refractivity contribution in [3.8, 4) is 0 Å². The van der Waals surface area contributed by atoms with Gasteiger partial charge in [-0.05, 0) is 94.5 Å². The van der Waals surface area contributed by atoms with Crippen LogP contribution in [0, 0.1) is 6.92 Å². The van der Waals surface area contributed by atoms with Gasteiger partial charge in [0.1, 0.15) is 0 Å². The Morgan fingerprint density at radius 2 is 1.54 bits per heavy atom. The van der Waals surface area contributed by atoms with Gasteiger partial charge in [0, 0.05) is 4.47 Å². The van der Waals surface area contributed by atoms with Gasteiger partial charge >= 0.3 is 0 Å². The fourth-order valence-corrected chi connectivity index (χ4v) is 5.13. The highest BCUT2D eigenvalue weighted by atomic mass is 79.9. The molecule has 0 heterocycles. The van der Waals surface area contributed by atoms with Gasteiger partial charge in [0.15, 0.2) is 0 Å². The standard InChI is InChI=1S/C25H29Br/c1-16-12-22-23(25(4,5)11-10-24(22,2)3)15-19(16)13-17-6-7-18-14-20(26)8-9-21(17)18/h8-9,12-15H,6-7,10-11H2,1-5H3/b17-13+. The van der Waals surface area contributed by atoms with E-state index in [1.165, 1.54) is 45.1 Å². The minimum atomic E-state index is 0.268. The van der Waals surface area contributed by atoms with E-state index in [1.54, 1.807) is 11.1 Å². The van der Waals surface area contributed by atoms with E-state index in [0.29, 0.717) is 0 Å². The summed E-state index contributed by atoms with van der Waals surface area (Å²) >= 11 is 3.61. The Morgan fingerprint density at radius 1 is 0.885 bits per heavy atom. The lowest BCUT2D eigenvalue weighted by atomic mass is 9.62. The Hall–Kier alpha value is -1.34. The summed E-state index contributed by atoms with van der Waals surface area (Å²) in [4.78, 5) is 0. The van der Waals surface area contributed by atoms with E-state index in [-0.39, 0.29) is 10.8 Å². The summed E-state index contributed by atoms with van der Waals surface area (Å²) in [6.45, 7) is 11.9. The van der Waals surface area contributed by atoms with Crippen molar-refractivity contribution in [1.29, 1.82) is 0 Å². The van der Waals surface area contributed by atoms with Crippen LogP contribution in [0.2, 0.25) is 0 Å². The van der Waals surface area contributed by atoms with Crippen LogP contribution in [0.25, 0.3) is 11.6 Å². The van der Waals surface area contributed by atoms with Crippen molar-refractivity contribution < 1.29 is 0 Å². The average molecular weight is 409 g/mol. The predicted molar refractivity (Wildman–Crippen MR) is 117 cm³/mol. The summed E-state index contributed by atoms with van der Waals surface area (Å²) in [7, 11) is 0. The van der Waals surface area contributed by atoms with Crippen LogP contribution in [-0.2, 0) is 17.3 Å². The molecule has 1 heteroatoms. The molecular formula is C25H29Br. The second-order valence-corrected chi connectivity index (χ2v) is 10.4. The summed E-state index contributed by atoms with van der Waals surface area (Å²) in [5.41, 5.74) is 10.9. The van der Waals surface area contributed by atoms with Gasteiger partial charge in [0.25, 0.3) is 0 Å². The molecule has 2 aliphatic rings.